The van der Waals surface area contributed by atoms with E-state index < -0.39 is 0 Å². The molecule has 0 atom stereocenters. The lowest BCUT2D eigenvalue weighted by Gasteiger charge is -2.30. The number of nitrogens with one attached hydrogen (secondary N) is 2. The van der Waals surface area contributed by atoms with Gasteiger partial charge in [0.2, 0.25) is 0 Å². The summed E-state index contributed by atoms with van der Waals surface area (Å²) in [6.45, 7) is 3.66. The molecule has 1 aliphatic heterocycles. The second kappa shape index (κ2) is 5.25. The number of likely N-dealkylation sites (N-methyl/N-ethyl adjacent to an activating group) is 1. The van der Waals surface area contributed by atoms with Crippen LogP contribution in [0.3, 0.4) is 0 Å². The highest BCUT2D eigenvalue weighted by Gasteiger charge is 2.18. The van der Waals surface area contributed by atoms with Crippen molar-refractivity contribution in [3.8, 4) is 0 Å². The first-order valence-electron chi connectivity index (χ1n) is 5.78. The minimum absolute atomic E-state index is 0.246. The summed E-state index contributed by atoms with van der Waals surface area (Å²) in [7, 11) is 2.13. The molecule has 2 N–H and O–H groups in total. The van der Waals surface area contributed by atoms with Crippen LogP contribution in [0.1, 0.15) is 10.4 Å². The van der Waals surface area contributed by atoms with Crippen LogP contribution in [0.2, 0.25) is 0 Å². The third kappa shape index (κ3) is 3.25. The van der Waals surface area contributed by atoms with Gasteiger partial charge < -0.3 is 4.90 Å². The van der Waals surface area contributed by atoms with E-state index in [1.54, 1.807) is 12.1 Å². The lowest BCUT2D eigenvalue weighted by Crippen LogP contribution is -3.12. The molecule has 0 aliphatic carbocycles. The smallest absolute Gasteiger partial charge is 0.265 e. The fraction of sp³-hybridized carbons (Fsp3) is 0.417. The van der Waals surface area contributed by atoms with Gasteiger partial charge in [0.15, 0.2) is 0 Å². The van der Waals surface area contributed by atoms with Crippen molar-refractivity contribution in [2.24, 2.45) is 0 Å². The van der Waals surface area contributed by atoms with E-state index in [1.807, 2.05) is 5.01 Å². The summed E-state index contributed by atoms with van der Waals surface area (Å²) in [5.41, 5.74) is 3.15. The van der Waals surface area contributed by atoms with E-state index in [2.05, 4.69) is 12.5 Å². The zero-order valence-electron chi connectivity index (χ0n) is 9.87. The number of carbonyl (C=O) groups excluding carboxylic acids is 1. The number of piperazine rings is 1. The van der Waals surface area contributed by atoms with Crippen LogP contribution in [0.15, 0.2) is 24.3 Å². The Morgan fingerprint density at radius 1 is 1.41 bits per heavy atom. The molecule has 0 unspecified atom stereocenters. The zero-order valence-corrected chi connectivity index (χ0v) is 9.87. The molecule has 92 valence electrons. The third-order valence-electron chi connectivity index (χ3n) is 2.96. The van der Waals surface area contributed by atoms with Gasteiger partial charge in [-0.1, -0.05) is 6.07 Å². The van der Waals surface area contributed by atoms with Crippen molar-refractivity contribution < 1.29 is 14.1 Å². The topological polar surface area (TPSA) is 36.8 Å². The first-order valence-corrected chi connectivity index (χ1v) is 5.78. The maximum absolute atomic E-state index is 13.0. The summed E-state index contributed by atoms with van der Waals surface area (Å²) >= 11 is 0. The first kappa shape index (κ1) is 12.0. The van der Waals surface area contributed by atoms with Gasteiger partial charge in [0.1, 0.15) is 5.82 Å². The number of benzene rings is 1. The highest BCUT2D eigenvalue weighted by atomic mass is 19.1. The Morgan fingerprint density at radius 3 is 2.76 bits per heavy atom. The molecule has 2 rings (SSSR count). The van der Waals surface area contributed by atoms with E-state index in [0.29, 0.717) is 5.56 Å². The Morgan fingerprint density at radius 2 is 2.12 bits per heavy atom. The van der Waals surface area contributed by atoms with Crippen LogP contribution in [0, 0.1) is 5.82 Å². The van der Waals surface area contributed by atoms with Gasteiger partial charge in [0, 0.05) is 5.56 Å². The first-order chi connectivity index (χ1) is 8.15. The van der Waals surface area contributed by atoms with Crippen molar-refractivity contribution in [2.75, 3.05) is 33.2 Å². The van der Waals surface area contributed by atoms with Gasteiger partial charge in [-0.15, -0.1) is 0 Å². The second-order valence-corrected chi connectivity index (χ2v) is 4.40. The summed E-state index contributed by atoms with van der Waals surface area (Å²) in [6.07, 6.45) is 0. The SMILES string of the molecule is C[NH+]1CCN(NC(=O)c2cccc(F)c2)CC1. The van der Waals surface area contributed by atoms with Crippen LogP contribution in [-0.2, 0) is 0 Å². The third-order valence-corrected chi connectivity index (χ3v) is 2.96. The van der Waals surface area contributed by atoms with E-state index >= 15 is 0 Å². The quantitative estimate of drug-likeness (QED) is 0.715. The van der Waals surface area contributed by atoms with Gasteiger partial charge in [0.05, 0.1) is 33.2 Å². The Balaban J connectivity index is 1.93. The van der Waals surface area contributed by atoms with Crippen molar-refractivity contribution in [2.45, 2.75) is 0 Å². The van der Waals surface area contributed by atoms with Crippen LogP contribution < -0.4 is 10.3 Å². The molecule has 1 saturated heterocycles. The van der Waals surface area contributed by atoms with Gasteiger partial charge in [-0.3, -0.25) is 10.2 Å². The highest BCUT2D eigenvalue weighted by molar-refractivity contribution is 5.93. The molecule has 17 heavy (non-hydrogen) atoms. The van der Waals surface area contributed by atoms with E-state index in [9.17, 15) is 9.18 Å². The fourth-order valence-electron chi connectivity index (χ4n) is 1.84. The van der Waals surface area contributed by atoms with Gasteiger partial charge in [0.25, 0.3) is 5.91 Å². The number of hydrogen-bond acceptors (Lipinski definition) is 2. The summed E-state index contributed by atoms with van der Waals surface area (Å²) < 4.78 is 13.0. The van der Waals surface area contributed by atoms with Crippen LogP contribution in [-0.4, -0.2) is 44.1 Å². The molecule has 1 aromatic rings. The molecule has 1 heterocycles. The molecule has 1 aliphatic rings. The maximum Gasteiger partial charge on any atom is 0.265 e. The van der Waals surface area contributed by atoms with Crippen molar-refractivity contribution in [3.05, 3.63) is 35.6 Å². The minimum Gasteiger partial charge on any atom is -0.335 e. The predicted molar refractivity (Wildman–Crippen MR) is 62.1 cm³/mol. The lowest BCUT2D eigenvalue weighted by molar-refractivity contribution is -0.884. The Bertz CT molecular complexity index is 402. The number of carbonyl (C=O) groups is 1. The van der Waals surface area contributed by atoms with Crippen LogP contribution >= 0.6 is 0 Å². The number of quaternary nitrogens is 1. The number of nitrogens with zero attached hydrogens (tertiary/aromatic N) is 1. The molecular weight excluding hydrogens is 221 g/mol. The molecule has 1 aromatic carbocycles. The second-order valence-electron chi connectivity index (χ2n) is 4.40. The monoisotopic (exact) mass is 238 g/mol. The number of hydrazine groups is 1. The number of amides is 1. The number of halogens is 1. The van der Waals surface area contributed by atoms with Crippen LogP contribution in [0.25, 0.3) is 0 Å². The molecule has 0 bridgehead atoms. The van der Waals surface area contributed by atoms with Gasteiger partial charge >= 0.3 is 0 Å². The Kier molecular flexibility index (Phi) is 3.71. The number of rotatable bonds is 2. The zero-order chi connectivity index (χ0) is 12.3. The molecule has 5 heteroatoms. The van der Waals surface area contributed by atoms with Crippen molar-refractivity contribution >= 4 is 5.91 Å². The summed E-state index contributed by atoms with van der Waals surface area (Å²) in [5.74, 6) is -0.635. The minimum atomic E-state index is -0.388. The molecule has 0 saturated carbocycles. The van der Waals surface area contributed by atoms with Crippen molar-refractivity contribution in [1.82, 2.24) is 10.4 Å². The van der Waals surface area contributed by atoms with Gasteiger partial charge in [-0.2, -0.15) is 0 Å². The van der Waals surface area contributed by atoms with E-state index in [-0.39, 0.29) is 11.7 Å². The van der Waals surface area contributed by atoms with Crippen molar-refractivity contribution in [3.63, 3.8) is 0 Å². The molecular formula is C12H17FN3O+. The lowest BCUT2D eigenvalue weighted by atomic mass is 10.2. The maximum atomic E-state index is 13.0. The normalized spacial score (nSPS) is 18.0. The molecule has 0 spiro atoms. The predicted octanol–water partition coefficient (Wildman–Crippen LogP) is -0.699. The number of hydrogen-bond donors (Lipinski definition) is 2. The van der Waals surface area contributed by atoms with E-state index in [4.69, 9.17) is 0 Å². The largest absolute Gasteiger partial charge is 0.335 e. The standard InChI is InChI=1S/C12H16FN3O/c1-15-5-7-16(8-6-15)14-12(17)10-3-2-4-11(13)9-10/h2-4,9H,5-8H2,1H3,(H,14,17)/p+1. The van der Waals surface area contributed by atoms with Crippen LogP contribution in [0.5, 0.6) is 0 Å². The summed E-state index contributed by atoms with van der Waals surface area (Å²) in [5, 5.41) is 1.89. The molecule has 4 nitrogen and oxygen atoms in total. The Labute approximate surface area is 100.0 Å². The molecule has 0 aromatic heterocycles. The average Bonchev–Trinajstić information content (AvgIpc) is 2.32. The highest BCUT2D eigenvalue weighted by Crippen LogP contribution is 2.03. The van der Waals surface area contributed by atoms with E-state index in [1.165, 1.54) is 17.0 Å². The van der Waals surface area contributed by atoms with E-state index in [0.717, 1.165) is 26.2 Å². The average molecular weight is 238 g/mol. The van der Waals surface area contributed by atoms with Gasteiger partial charge in [-0.05, 0) is 18.2 Å². The molecule has 1 fully saturated rings. The summed E-state index contributed by atoms with van der Waals surface area (Å²) in [4.78, 5) is 13.3. The van der Waals surface area contributed by atoms with Gasteiger partial charge in [-0.25, -0.2) is 9.40 Å². The molecule has 0 radical (unpaired) electrons. The van der Waals surface area contributed by atoms with Crippen LogP contribution in [0.4, 0.5) is 4.39 Å². The van der Waals surface area contributed by atoms with Crippen molar-refractivity contribution in [1.29, 1.82) is 0 Å². The molecule has 1 amide bonds. The fourth-order valence-corrected chi connectivity index (χ4v) is 1.84. The summed E-state index contributed by atoms with van der Waals surface area (Å²) in [6, 6.07) is 5.73. The Hall–Kier alpha value is -1.46.